The molecule has 1 aromatic heterocycles. The van der Waals surface area contributed by atoms with Crippen LogP contribution in [0.1, 0.15) is 16.8 Å². The van der Waals surface area contributed by atoms with Gasteiger partial charge in [-0.2, -0.15) is 5.26 Å². The number of nitriles is 1. The minimum Gasteiger partial charge on any atom is -0.372 e. The number of ether oxygens (including phenoxy) is 1. The molecule has 1 heterocycles. The monoisotopic (exact) mass is 302 g/mol. The lowest BCUT2D eigenvalue weighted by atomic mass is 10.2. The summed E-state index contributed by atoms with van der Waals surface area (Å²) in [6.07, 6.45) is 1.61. The van der Waals surface area contributed by atoms with Crippen LogP contribution in [0.4, 0.5) is 0 Å². The van der Waals surface area contributed by atoms with E-state index in [0.717, 1.165) is 15.6 Å². The summed E-state index contributed by atoms with van der Waals surface area (Å²) in [7, 11) is 0. The first kappa shape index (κ1) is 12.7. The van der Waals surface area contributed by atoms with Crippen LogP contribution in [0.15, 0.2) is 47.1 Å². The van der Waals surface area contributed by atoms with Crippen molar-refractivity contribution >= 4 is 15.9 Å². The Balaban J connectivity index is 1.93. The zero-order chi connectivity index (χ0) is 12.8. The number of rotatable bonds is 4. The number of hydrogen-bond donors (Lipinski definition) is 0. The minimum atomic E-state index is 0.396. The lowest BCUT2D eigenvalue weighted by Crippen LogP contribution is -1.98. The van der Waals surface area contributed by atoms with Gasteiger partial charge in [-0.3, -0.25) is 0 Å². The maximum Gasteiger partial charge on any atom is 0.145 e. The molecule has 0 N–H and O–H groups in total. The van der Waals surface area contributed by atoms with Gasteiger partial charge in [-0.25, -0.2) is 4.98 Å². The van der Waals surface area contributed by atoms with Crippen LogP contribution < -0.4 is 0 Å². The van der Waals surface area contributed by atoms with Crippen molar-refractivity contribution in [2.24, 2.45) is 0 Å². The summed E-state index contributed by atoms with van der Waals surface area (Å²) >= 11 is 3.38. The first-order valence-corrected chi connectivity index (χ1v) is 6.25. The number of hydrogen-bond acceptors (Lipinski definition) is 3. The fourth-order valence-corrected chi connectivity index (χ4v) is 1.78. The zero-order valence-electron chi connectivity index (χ0n) is 9.64. The van der Waals surface area contributed by atoms with Gasteiger partial charge in [-0.1, -0.05) is 34.1 Å². The Bertz CT molecular complexity index is 561. The molecule has 18 heavy (non-hydrogen) atoms. The molecule has 0 radical (unpaired) electrons. The molecule has 90 valence electrons. The molecule has 0 spiro atoms. The number of benzene rings is 1. The summed E-state index contributed by atoms with van der Waals surface area (Å²) in [4.78, 5) is 3.99. The SMILES string of the molecule is N#Cc1ncccc1COCc1ccc(Br)cc1. The van der Waals surface area contributed by atoms with Gasteiger partial charge in [0, 0.05) is 16.2 Å². The summed E-state index contributed by atoms with van der Waals surface area (Å²) in [6.45, 7) is 0.917. The van der Waals surface area contributed by atoms with Gasteiger partial charge in [0.15, 0.2) is 0 Å². The first-order valence-electron chi connectivity index (χ1n) is 5.46. The summed E-state index contributed by atoms with van der Waals surface area (Å²) in [6, 6.07) is 13.7. The van der Waals surface area contributed by atoms with Gasteiger partial charge >= 0.3 is 0 Å². The number of pyridine rings is 1. The second-order valence-corrected chi connectivity index (χ2v) is 4.66. The molecule has 2 aromatic rings. The van der Waals surface area contributed by atoms with Crippen molar-refractivity contribution in [3.8, 4) is 6.07 Å². The van der Waals surface area contributed by atoms with E-state index in [0.29, 0.717) is 18.9 Å². The molecule has 0 unspecified atom stereocenters. The highest BCUT2D eigenvalue weighted by molar-refractivity contribution is 9.10. The van der Waals surface area contributed by atoms with E-state index in [4.69, 9.17) is 10.00 Å². The Labute approximate surface area is 114 Å². The molecular formula is C14H11BrN2O. The molecule has 0 amide bonds. The van der Waals surface area contributed by atoms with Crippen molar-refractivity contribution in [1.29, 1.82) is 5.26 Å². The zero-order valence-corrected chi connectivity index (χ0v) is 11.2. The van der Waals surface area contributed by atoms with Crippen LogP contribution in [-0.2, 0) is 18.0 Å². The third-order valence-electron chi connectivity index (χ3n) is 2.44. The molecule has 0 aliphatic rings. The number of halogens is 1. The van der Waals surface area contributed by atoms with Gasteiger partial charge in [-0.05, 0) is 23.8 Å². The van der Waals surface area contributed by atoms with Gasteiger partial charge in [-0.15, -0.1) is 0 Å². The highest BCUT2D eigenvalue weighted by Crippen LogP contribution is 2.12. The lowest BCUT2D eigenvalue weighted by Gasteiger charge is -2.05. The van der Waals surface area contributed by atoms with Crippen LogP contribution in [0.2, 0.25) is 0 Å². The Morgan fingerprint density at radius 3 is 2.67 bits per heavy atom. The maximum atomic E-state index is 8.89. The van der Waals surface area contributed by atoms with E-state index < -0.39 is 0 Å². The van der Waals surface area contributed by atoms with Gasteiger partial charge in [0.25, 0.3) is 0 Å². The third kappa shape index (κ3) is 3.39. The Morgan fingerprint density at radius 1 is 1.17 bits per heavy atom. The second kappa shape index (κ2) is 6.29. The normalized spacial score (nSPS) is 10.0. The average Bonchev–Trinajstić information content (AvgIpc) is 2.41. The molecule has 0 saturated carbocycles. The molecule has 4 heteroatoms. The molecule has 0 saturated heterocycles. The van der Waals surface area contributed by atoms with Gasteiger partial charge < -0.3 is 4.74 Å². The summed E-state index contributed by atoms with van der Waals surface area (Å²) < 4.78 is 6.63. The van der Waals surface area contributed by atoms with Crippen LogP contribution in [0.5, 0.6) is 0 Å². The molecule has 0 fully saturated rings. The molecule has 0 aliphatic carbocycles. The quantitative estimate of drug-likeness (QED) is 0.869. The molecule has 2 rings (SSSR count). The largest absolute Gasteiger partial charge is 0.372 e. The van der Waals surface area contributed by atoms with E-state index >= 15 is 0 Å². The maximum absolute atomic E-state index is 8.89. The average molecular weight is 303 g/mol. The third-order valence-corrected chi connectivity index (χ3v) is 2.97. The molecule has 0 aliphatic heterocycles. The molecule has 0 bridgehead atoms. The summed E-state index contributed by atoms with van der Waals surface area (Å²) in [5.74, 6) is 0. The van der Waals surface area contributed by atoms with Crippen molar-refractivity contribution in [3.63, 3.8) is 0 Å². The highest BCUT2D eigenvalue weighted by Gasteiger charge is 2.02. The predicted molar refractivity (Wildman–Crippen MR) is 71.6 cm³/mol. The lowest BCUT2D eigenvalue weighted by molar-refractivity contribution is 0.107. The van der Waals surface area contributed by atoms with E-state index in [1.165, 1.54) is 0 Å². The van der Waals surface area contributed by atoms with E-state index in [9.17, 15) is 0 Å². The van der Waals surface area contributed by atoms with Gasteiger partial charge in [0.2, 0.25) is 0 Å². The summed E-state index contributed by atoms with van der Waals surface area (Å²) in [5.41, 5.74) is 2.34. The Hall–Kier alpha value is -1.70. The highest BCUT2D eigenvalue weighted by atomic mass is 79.9. The van der Waals surface area contributed by atoms with Crippen LogP contribution >= 0.6 is 15.9 Å². The van der Waals surface area contributed by atoms with E-state index in [1.54, 1.807) is 12.3 Å². The van der Waals surface area contributed by atoms with Crippen molar-refractivity contribution in [1.82, 2.24) is 4.98 Å². The van der Waals surface area contributed by atoms with Crippen molar-refractivity contribution < 1.29 is 4.74 Å². The summed E-state index contributed by atoms with van der Waals surface area (Å²) in [5, 5.41) is 8.89. The van der Waals surface area contributed by atoms with E-state index in [2.05, 4.69) is 27.0 Å². The van der Waals surface area contributed by atoms with Crippen LogP contribution in [0.3, 0.4) is 0 Å². The second-order valence-electron chi connectivity index (χ2n) is 3.74. The smallest absolute Gasteiger partial charge is 0.145 e. The van der Waals surface area contributed by atoms with E-state index in [-0.39, 0.29) is 0 Å². The van der Waals surface area contributed by atoms with Crippen molar-refractivity contribution in [3.05, 3.63) is 63.9 Å². The Morgan fingerprint density at radius 2 is 1.94 bits per heavy atom. The number of nitrogens with zero attached hydrogens (tertiary/aromatic N) is 2. The van der Waals surface area contributed by atoms with Crippen molar-refractivity contribution in [2.75, 3.05) is 0 Å². The topological polar surface area (TPSA) is 45.9 Å². The van der Waals surface area contributed by atoms with Crippen LogP contribution in [0.25, 0.3) is 0 Å². The van der Waals surface area contributed by atoms with Crippen molar-refractivity contribution in [2.45, 2.75) is 13.2 Å². The predicted octanol–water partition coefficient (Wildman–Crippen LogP) is 3.43. The van der Waals surface area contributed by atoms with E-state index in [1.807, 2.05) is 30.3 Å². The first-order chi connectivity index (χ1) is 8.79. The fraction of sp³-hybridized carbons (Fsp3) is 0.143. The van der Waals surface area contributed by atoms with Crippen LogP contribution in [0, 0.1) is 11.3 Å². The van der Waals surface area contributed by atoms with Gasteiger partial charge in [0.05, 0.1) is 13.2 Å². The standard InChI is InChI=1S/C14H11BrN2O/c15-13-5-3-11(4-6-13)9-18-10-12-2-1-7-17-14(12)8-16/h1-7H,9-10H2. The molecular weight excluding hydrogens is 292 g/mol. The molecule has 1 aromatic carbocycles. The fourth-order valence-electron chi connectivity index (χ4n) is 1.52. The molecule has 0 atom stereocenters. The van der Waals surface area contributed by atoms with Crippen LogP contribution in [-0.4, -0.2) is 4.98 Å². The number of aromatic nitrogens is 1. The molecule has 3 nitrogen and oxygen atoms in total. The van der Waals surface area contributed by atoms with Gasteiger partial charge in [0.1, 0.15) is 11.8 Å². The minimum absolute atomic E-state index is 0.396. The Kier molecular flexibility index (Phi) is 4.46.